The van der Waals surface area contributed by atoms with Gasteiger partial charge in [-0.15, -0.1) is 0 Å². The fourth-order valence-corrected chi connectivity index (χ4v) is 2.89. The smallest absolute Gasteiger partial charge is 0.0207 e. The van der Waals surface area contributed by atoms with Gasteiger partial charge >= 0.3 is 0 Å². The van der Waals surface area contributed by atoms with Crippen LogP contribution in [-0.4, -0.2) is 13.1 Å². The highest BCUT2D eigenvalue weighted by atomic mass is 79.9. The van der Waals surface area contributed by atoms with E-state index in [-0.39, 0.29) is 0 Å². The van der Waals surface area contributed by atoms with E-state index >= 15 is 0 Å². The van der Waals surface area contributed by atoms with Crippen LogP contribution in [0.1, 0.15) is 29.5 Å². The molecule has 1 aromatic rings. The zero-order valence-electron chi connectivity index (χ0n) is 10.1. The molecule has 2 heteroatoms. The second-order valence-electron chi connectivity index (χ2n) is 4.94. The first-order valence-electron chi connectivity index (χ1n) is 6.13. The van der Waals surface area contributed by atoms with Crippen LogP contribution in [0.3, 0.4) is 0 Å². The van der Waals surface area contributed by atoms with Crippen LogP contribution in [-0.2, 0) is 6.42 Å². The summed E-state index contributed by atoms with van der Waals surface area (Å²) < 4.78 is 1.25. The predicted octanol–water partition coefficient (Wildman–Crippen LogP) is 3.61. The Labute approximate surface area is 107 Å². The minimum absolute atomic E-state index is 0.821. The number of halogens is 1. The van der Waals surface area contributed by atoms with Crippen molar-refractivity contribution in [2.75, 3.05) is 13.1 Å². The van der Waals surface area contributed by atoms with Gasteiger partial charge in [0, 0.05) is 4.47 Å². The van der Waals surface area contributed by atoms with Crippen LogP contribution in [0.15, 0.2) is 16.6 Å². The molecule has 1 N–H and O–H groups in total. The van der Waals surface area contributed by atoms with Crippen LogP contribution in [0.2, 0.25) is 0 Å². The van der Waals surface area contributed by atoms with Gasteiger partial charge in [-0.2, -0.15) is 0 Å². The van der Waals surface area contributed by atoms with Crippen LogP contribution >= 0.6 is 15.9 Å². The summed E-state index contributed by atoms with van der Waals surface area (Å²) in [5.41, 5.74) is 4.28. The lowest BCUT2D eigenvalue weighted by atomic mass is 9.90. The van der Waals surface area contributed by atoms with Gasteiger partial charge in [-0.3, -0.25) is 0 Å². The molecule has 0 aromatic heterocycles. The van der Waals surface area contributed by atoms with Gasteiger partial charge in [-0.25, -0.2) is 0 Å². The van der Waals surface area contributed by atoms with Crippen molar-refractivity contribution in [3.05, 3.63) is 33.3 Å². The second kappa shape index (κ2) is 5.33. The van der Waals surface area contributed by atoms with Gasteiger partial charge in [0.15, 0.2) is 0 Å². The maximum Gasteiger partial charge on any atom is 0.0207 e. The molecule has 0 spiro atoms. The summed E-state index contributed by atoms with van der Waals surface area (Å²) in [6, 6.07) is 4.59. The van der Waals surface area contributed by atoms with Crippen LogP contribution < -0.4 is 5.32 Å². The fourth-order valence-electron chi connectivity index (χ4n) is 2.50. The van der Waals surface area contributed by atoms with Crippen molar-refractivity contribution in [1.82, 2.24) is 5.32 Å². The fraction of sp³-hybridized carbons (Fsp3) is 0.571. The standard InChI is InChI=1S/C14H20BrN/c1-10-6-11(2)14(15)8-13(10)7-12-4-3-5-16-9-12/h6,8,12,16H,3-5,7,9H2,1-2H3. The number of hydrogen-bond acceptors (Lipinski definition) is 1. The number of aryl methyl sites for hydroxylation is 2. The highest BCUT2D eigenvalue weighted by molar-refractivity contribution is 9.10. The Bertz CT molecular complexity index is 367. The van der Waals surface area contributed by atoms with Crippen LogP contribution in [0, 0.1) is 19.8 Å². The third-order valence-electron chi connectivity index (χ3n) is 3.52. The average Bonchev–Trinajstić information content (AvgIpc) is 2.27. The minimum atomic E-state index is 0.821. The van der Waals surface area contributed by atoms with E-state index in [1.165, 1.54) is 53.5 Å². The molecule has 0 bridgehead atoms. The Hall–Kier alpha value is -0.340. The van der Waals surface area contributed by atoms with E-state index in [9.17, 15) is 0 Å². The van der Waals surface area contributed by atoms with Crippen LogP contribution in [0.4, 0.5) is 0 Å². The van der Waals surface area contributed by atoms with E-state index in [0.717, 1.165) is 5.92 Å². The molecular formula is C14H20BrN. The van der Waals surface area contributed by atoms with Gasteiger partial charge in [0.1, 0.15) is 0 Å². The van der Waals surface area contributed by atoms with Crippen molar-refractivity contribution in [3.8, 4) is 0 Å². The van der Waals surface area contributed by atoms with Crippen molar-refractivity contribution in [1.29, 1.82) is 0 Å². The van der Waals surface area contributed by atoms with E-state index in [1.807, 2.05) is 0 Å². The second-order valence-corrected chi connectivity index (χ2v) is 5.80. The maximum atomic E-state index is 3.63. The molecule has 1 unspecified atom stereocenters. The summed E-state index contributed by atoms with van der Waals surface area (Å²) in [6.45, 7) is 6.77. The molecule has 1 aliphatic rings. The first-order chi connectivity index (χ1) is 7.66. The highest BCUT2D eigenvalue weighted by Gasteiger charge is 2.14. The maximum absolute atomic E-state index is 3.63. The van der Waals surface area contributed by atoms with E-state index in [2.05, 4.69) is 47.2 Å². The summed E-state index contributed by atoms with van der Waals surface area (Å²) in [7, 11) is 0. The Morgan fingerprint density at radius 2 is 2.12 bits per heavy atom. The molecule has 1 aromatic carbocycles. The van der Waals surface area contributed by atoms with E-state index in [0.29, 0.717) is 0 Å². The van der Waals surface area contributed by atoms with Gasteiger partial charge in [0.2, 0.25) is 0 Å². The first-order valence-corrected chi connectivity index (χ1v) is 6.92. The molecule has 1 nitrogen and oxygen atoms in total. The Balaban J connectivity index is 2.11. The quantitative estimate of drug-likeness (QED) is 0.873. The number of rotatable bonds is 2. The lowest BCUT2D eigenvalue weighted by molar-refractivity contribution is 0.375. The molecule has 1 saturated heterocycles. The molecule has 1 fully saturated rings. The van der Waals surface area contributed by atoms with Crippen molar-refractivity contribution in [3.63, 3.8) is 0 Å². The van der Waals surface area contributed by atoms with Crippen LogP contribution in [0.25, 0.3) is 0 Å². The lowest BCUT2D eigenvalue weighted by Crippen LogP contribution is -2.31. The highest BCUT2D eigenvalue weighted by Crippen LogP contribution is 2.24. The van der Waals surface area contributed by atoms with Crippen molar-refractivity contribution in [2.24, 2.45) is 5.92 Å². The topological polar surface area (TPSA) is 12.0 Å². The van der Waals surface area contributed by atoms with Gasteiger partial charge in [-0.1, -0.05) is 22.0 Å². The zero-order chi connectivity index (χ0) is 11.5. The lowest BCUT2D eigenvalue weighted by Gasteiger charge is -2.23. The average molecular weight is 282 g/mol. The van der Waals surface area contributed by atoms with Gasteiger partial charge in [0.05, 0.1) is 0 Å². The molecule has 0 saturated carbocycles. The summed E-state index contributed by atoms with van der Waals surface area (Å²) in [6.07, 6.45) is 3.92. The molecule has 1 heterocycles. The Morgan fingerprint density at radius 3 is 2.81 bits per heavy atom. The van der Waals surface area contributed by atoms with E-state index < -0.39 is 0 Å². The molecule has 0 amide bonds. The molecular weight excluding hydrogens is 262 g/mol. The molecule has 88 valence electrons. The SMILES string of the molecule is Cc1cc(C)c(CC2CCCNC2)cc1Br. The Kier molecular flexibility index (Phi) is 4.04. The number of piperidine rings is 1. The number of nitrogens with one attached hydrogen (secondary N) is 1. The molecule has 1 atom stereocenters. The van der Waals surface area contributed by atoms with Crippen molar-refractivity contribution < 1.29 is 0 Å². The third-order valence-corrected chi connectivity index (χ3v) is 4.38. The van der Waals surface area contributed by atoms with Crippen molar-refractivity contribution >= 4 is 15.9 Å². The summed E-state index contributed by atoms with van der Waals surface area (Å²) in [4.78, 5) is 0. The van der Waals surface area contributed by atoms with Crippen LogP contribution in [0.5, 0.6) is 0 Å². The largest absolute Gasteiger partial charge is 0.316 e. The van der Waals surface area contributed by atoms with E-state index in [1.54, 1.807) is 0 Å². The Morgan fingerprint density at radius 1 is 1.31 bits per heavy atom. The number of benzene rings is 1. The normalized spacial score (nSPS) is 21.1. The summed E-state index contributed by atoms with van der Waals surface area (Å²) in [5.74, 6) is 0.821. The molecule has 0 radical (unpaired) electrons. The summed E-state index contributed by atoms with van der Waals surface area (Å²) >= 11 is 3.63. The monoisotopic (exact) mass is 281 g/mol. The minimum Gasteiger partial charge on any atom is -0.316 e. The van der Waals surface area contributed by atoms with Gasteiger partial charge < -0.3 is 5.32 Å². The van der Waals surface area contributed by atoms with Crippen molar-refractivity contribution in [2.45, 2.75) is 33.1 Å². The molecule has 0 aliphatic carbocycles. The zero-order valence-corrected chi connectivity index (χ0v) is 11.7. The first kappa shape index (κ1) is 12.1. The van der Waals surface area contributed by atoms with Gasteiger partial charge in [-0.05, 0) is 74.9 Å². The molecule has 2 rings (SSSR count). The van der Waals surface area contributed by atoms with Gasteiger partial charge in [0.25, 0.3) is 0 Å². The predicted molar refractivity (Wildman–Crippen MR) is 72.9 cm³/mol. The molecule has 1 aliphatic heterocycles. The molecule has 16 heavy (non-hydrogen) atoms. The van der Waals surface area contributed by atoms with E-state index in [4.69, 9.17) is 0 Å². The number of hydrogen-bond donors (Lipinski definition) is 1. The third kappa shape index (κ3) is 2.86. The summed E-state index contributed by atoms with van der Waals surface area (Å²) in [5, 5.41) is 3.49.